The normalized spacial score (nSPS) is 26.2. The first-order valence-electron chi connectivity index (χ1n) is 7.85. The highest BCUT2D eigenvalue weighted by molar-refractivity contribution is 6.49. The highest BCUT2D eigenvalue weighted by Gasteiger charge is 2.48. The minimum Gasteiger partial charge on any atom is -0.464 e. The molecule has 1 unspecified atom stereocenters. The third-order valence-electron chi connectivity index (χ3n) is 4.16. The number of ketones is 2. The van der Waals surface area contributed by atoms with Crippen molar-refractivity contribution in [2.24, 2.45) is 5.92 Å². The molecular weight excluding hydrogens is 328 g/mol. The number of allylic oxidation sites excluding steroid dienone is 6. The Bertz CT molecular complexity index is 732. The molecule has 5 heteroatoms. The zero-order valence-electron chi connectivity index (χ0n) is 14.2. The van der Waals surface area contributed by atoms with Gasteiger partial charge in [-0.25, -0.2) is 0 Å². The molecule has 24 heavy (non-hydrogen) atoms. The van der Waals surface area contributed by atoms with E-state index >= 15 is 0 Å². The Morgan fingerprint density at radius 2 is 2.08 bits per heavy atom. The lowest BCUT2D eigenvalue weighted by molar-refractivity contribution is -0.144. The van der Waals surface area contributed by atoms with Crippen LogP contribution in [0.25, 0.3) is 0 Å². The second-order valence-corrected chi connectivity index (χ2v) is 6.66. The highest BCUT2D eigenvalue weighted by Crippen LogP contribution is 2.36. The van der Waals surface area contributed by atoms with E-state index in [-0.39, 0.29) is 16.2 Å². The molecule has 0 aromatic rings. The summed E-state index contributed by atoms with van der Waals surface area (Å²) in [5, 5.41) is 9.85. The van der Waals surface area contributed by atoms with E-state index in [1.807, 2.05) is 13.0 Å². The van der Waals surface area contributed by atoms with Crippen LogP contribution < -0.4 is 0 Å². The van der Waals surface area contributed by atoms with Crippen LogP contribution in [0.4, 0.5) is 0 Å². The largest absolute Gasteiger partial charge is 0.464 e. The molecule has 1 heterocycles. The van der Waals surface area contributed by atoms with Crippen molar-refractivity contribution in [2.75, 3.05) is 0 Å². The van der Waals surface area contributed by atoms with Gasteiger partial charge in [0.15, 0.2) is 5.60 Å². The lowest BCUT2D eigenvalue weighted by Gasteiger charge is -2.29. The average molecular weight is 349 g/mol. The molecular formula is C19H21ClO4. The van der Waals surface area contributed by atoms with Crippen LogP contribution in [0, 0.1) is 5.92 Å². The molecule has 1 N–H and O–H groups in total. The molecule has 0 fully saturated rings. The molecule has 0 amide bonds. The molecule has 128 valence electrons. The van der Waals surface area contributed by atoms with Crippen LogP contribution in [0.5, 0.6) is 0 Å². The second-order valence-electron chi connectivity index (χ2n) is 6.28. The minimum atomic E-state index is -2.15. The molecule has 1 aliphatic carbocycles. The third-order valence-corrected chi connectivity index (χ3v) is 4.53. The van der Waals surface area contributed by atoms with Crippen molar-refractivity contribution in [3.05, 3.63) is 58.1 Å². The maximum absolute atomic E-state index is 12.2. The molecule has 0 saturated heterocycles. The molecule has 0 bridgehead atoms. The van der Waals surface area contributed by atoms with Gasteiger partial charge in [-0.1, -0.05) is 49.6 Å². The summed E-state index contributed by atoms with van der Waals surface area (Å²) in [6.07, 6.45) is 9.62. The summed E-state index contributed by atoms with van der Waals surface area (Å²) in [4.78, 5) is 24.3. The number of Topliss-reactive ketones (excluding diaryl/α,β-unsaturated/α-hetero) is 2. The number of fused-ring (bicyclic) bond motifs is 1. The van der Waals surface area contributed by atoms with Crippen molar-refractivity contribution < 1.29 is 19.4 Å². The number of rotatable bonds is 4. The Kier molecular flexibility index (Phi) is 5.31. The van der Waals surface area contributed by atoms with Gasteiger partial charge in [0.05, 0.1) is 10.6 Å². The standard InChI is InChI=1S/C19H21ClO4/c1-5-11(2)8-12(3)6-7-13-9-14-15(10-24-13)17(21)19(4,23)18(22)16(14)20/h6-11,23H,5H2,1-4H3/t11-,19?/m0/s1. The monoisotopic (exact) mass is 348 g/mol. The first kappa shape index (κ1) is 18.4. The Hall–Kier alpha value is -1.91. The highest BCUT2D eigenvalue weighted by atomic mass is 35.5. The molecule has 0 saturated carbocycles. The SMILES string of the molecule is CC[C@H](C)C=C(C)C=CC1=CC2=C(Cl)C(=O)C(C)(O)C(=O)C2=CO1. The van der Waals surface area contributed by atoms with E-state index in [0.717, 1.165) is 18.9 Å². The molecule has 2 atom stereocenters. The van der Waals surface area contributed by atoms with E-state index in [4.69, 9.17) is 16.3 Å². The van der Waals surface area contributed by atoms with E-state index < -0.39 is 17.2 Å². The topological polar surface area (TPSA) is 63.6 Å². The fourth-order valence-corrected chi connectivity index (χ4v) is 2.77. The molecule has 2 rings (SSSR count). The van der Waals surface area contributed by atoms with Gasteiger partial charge in [0.25, 0.3) is 0 Å². The molecule has 2 aliphatic rings. The fourth-order valence-electron chi connectivity index (χ4n) is 2.43. The minimum absolute atomic E-state index is 0.105. The Balaban J connectivity index is 2.31. The summed E-state index contributed by atoms with van der Waals surface area (Å²) in [6.45, 7) is 7.39. The first-order chi connectivity index (χ1) is 11.2. The smallest absolute Gasteiger partial charge is 0.214 e. The fraction of sp³-hybridized carbons (Fsp3) is 0.368. The molecule has 4 nitrogen and oxygen atoms in total. The van der Waals surface area contributed by atoms with Crippen LogP contribution in [-0.2, 0) is 14.3 Å². The first-order valence-corrected chi connectivity index (χ1v) is 8.23. The van der Waals surface area contributed by atoms with Crippen molar-refractivity contribution in [3.8, 4) is 0 Å². The number of carbonyl (C=O) groups excluding carboxylic acids is 2. The zero-order valence-corrected chi connectivity index (χ0v) is 15.0. The summed E-state index contributed by atoms with van der Waals surface area (Å²) in [5.41, 5.74) is -0.671. The van der Waals surface area contributed by atoms with Gasteiger partial charge in [0.1, 0.15) is 12.0 Å². The van der Waals surface area contributed by atoms with Crippen LogP contribution in [0.15, 0.2) is 58.1 Å². The van der Waals surface area contributed by atoms with Crippen LogP contribution in [-0.4, -0.2) is 22.3 Å². The third kappa shape index (κ3) is 3.45. The van der Waals surface area contributed by atoms with E-state index in [0.29, 0.717) is 11.7 Å². The molecule has 0 spiro atoms. The number of halogens is 1. The quantitative estimate of drug-likeness (QED) is 0.621. The Morgan fingerprint density at radius 3 is 2.71 bits per heavy atom. The lowest BCUT2D eigenvalue weighted by atomic mass is 9.80. The van der Waals surface area contributed by atoms with E-state index in [9.17, 15) is 14.7 Å². The average Bonchev–Trinajstić information content (AvgIpc) is 2.56. The maximum atomic E-state index is 12.2. The number of aliphatic hydroxyl groups is 1. The number of ether oxygens (including phenoxy) is 1. The molecule has 1 aliphatic heterocycles. The summed E-state index contributed by atoms with van der Waals surface area (Å²) < 4.78 is 5.43. The van der Waals surface area contributed by atoms with Gasteiger partial charge in [-0.15, -0.1) is 0 Å². The van der Waals surface area contributed by atoms with Crippen molar-refractivity contribution in [1.82, 2.24) is 0 Å². The van der Waals surface area contributed by atoms with Crippen LogP contribution in [0.2, 0.25) is 0 Å². The van der Waals surface area contributed by atoms with Gasteiger partial charge in [-0.3, -0.25) is 9.59 Å². The number of hydrogen-bond acceptors (Lipinski definition) is 4. The lowest BCUT2D eigenvalue weighted by Crippen LogP contribution is -2.48. The summed E-state index contributed by atoms with van der Waals surface area (Å²) in [5.74, 6) is -0.559. The van der Waals surface area contributed by atoms with Crippen LogP contribution >= 0.6 is 11.6 Å². The molecule has 0 aromatic carbocycles. The van der Waals surface area contributed by atoms with Gasteiger partial charge in [-0.05, 0) is 31.9 Å². The van der Waals surface area contributed by atoms with Gasteiger partial charge >= 0.3 is 0 Å². The predicted molar refractivity (Wildman–Crippen MR) is 93.1 cm³/mol. The number of carbonyl (C=O) groups is 2. The summed E-state index contributed by atoms with van der Waals surface area (Å²) >= 11 is 6.05. The maximum Gasteiger partial charge on any atom is 0.214 e. The van der Waals surface area contributed by atoms with Crippen molar-refractivity contribution in [2.45, 2.75) is 39.7 Å². The van der Waals surface area contributed by atoms with Crippen LogP contribution in [0.1, 0.15) is 34.1 Å². The van der Waals surface area contributed by atoms with Crippen molar-refractivity contribution in [3.63, 3.8) is 0 Å². The van der Waals surface area contributed by atoms with Crippen LogP contribution in [0.3, 0.4) is 0 Å². The Morgan fingerprint density at radius 1 is 1.42 bits per heavy atom. The summed E-state index contributed by atoms with van der Waals surface area (Å²) in [7, 11) is 0. The zero-order chi connectivity index (χ0) is 18.1. The Labute approximate surface area is 146 Å². The van der Waals surface area contributed by atoms with E-state index in [2.05, 4.69) is 19.9 Å². The summed E-state index contributed by atoms with van der Waals surface area (Å²) in [6, 6.07) is 0. The van der Waals surface area contributed by atoms with Gasteiger partial charge in [0, 0.05) is 5.57 Å². The number of hydrogen-bond donors (Lipinski definition) is 1. The molecule has 0 radical (unpaired) electrons. The van der Waals surface area contributed by atoms with Gasteiger partial charge in [-0.2, -0.15) is 0 Å². The van der Waals surface area contributed by atoms with Gasteiger partial charge < -0.3 is 9.84 Å². The van der Waals surface area contributed by atoms with E-state index in [1.165, 1.54) is 12.3 Å². The van der Waals surface area contributed by atoms with E-state index in [1.54, 1.807) is 6.08 Å². The predicted octanol–water partition coefficient (Wildman–Crippen LogP) is 3.73. The van der Waals surface area contributed by atoms with Crippen molar-refractivity contribution in [1.29, 1.82) is 0 Å². The van der Waals surface area contributed by atoms with Crippen molar-refractivity contribution >= 4 is 23.2 Å². The second kappa shape index (κ2) is 6.91. The van der Waals surface area contributed by atoms with Gasteiger partial charge in [0.2, 0.25) is 11.6 Å². The molecule has 0 aromatic heterocycles.